The highest BCUT2D eigenvalue weighted by Crippen LogP contribution is 2.26. The van der Waals surface area contributed by atoms with Crippen molar-refractivity contribution in [3.05, 3.63) is 36.1 Å². The number of aromatic nitrogens is 3. The molecule has 0 aliphatic rings. The molecule has 0 spiro atoms. The first-order valence-corrected chi connectivity index (χ1v) is 6.87. The van der Waals surface area contributed by atoms with Crippen molar-refractivity contribution in [1.29, 1.82) is 0 Å². The van der Waals surface area contributed by atoms with Gasteiger partial charge in [0.15, 0.2) is 11.5 Å². The molecule has 0 aromatic carbocycles. The Bertz CT molecular complexity index is 662. The summed E-state index contributed by atoms with van der Waals surface area (Å²) in [6.45, 7) is 1.35. The highest BCUT2D eigenvalue weighted by molar-refractivity contribution is 7.13. The number of nitrogens with zero attached hydrogens (tertiary/aromatic N) is 3. The van der Waals surface area contributed by atoms with Gasteiger partial charge >= 0.3 is 0 Å². The van der Waals surface area contributed by atoms with Crippen LogP contribution in [0.5, 0.6) is 0 Å². The van der Waals surface area contributed by atoms with Crippen LogP contribution in [0, 0.1) is 0 Å². The highest BCUT2D eigenvalue weighted by atomic mass is 32.1. The molecule has 1 N–H and O–H groups in total. The fourth-order valence-corrected chi connectivity index (χ4v) is 2.65. The number of methoxy groups -OCH3 is 1. The van der Waals surface area contributed by atoms with Gasteiger partial charge in [0.1, 0.15) is 0 Å². The van der Waals surface area contributed by atoms with Crippen LogP contribution in [0.15, 0.2) is 36.1 Å². The predicted molar refractivity (Wildman–Crippen MR) is 76.7 cm³/mol. The number of thiophene rings is 1. The average molecular weight is 274 g/mol. The summed E-state index contributed by atoms with van der Waals surface area (Å²) in [4.78, 5) is 10.0. The Kier molecular flexibility index (Phi) is 3.43. The maximum atomic E-state index is 5.02. The van der Waals surface area contributed by atoms with Crippen molar-refractivity contribution in [3.8, 4) is 10.6 Å². The summed E-state index contributed by atoms with van der Waals surface area (Å²) >= 11 is 1.69. The Balaban J connectivity index is 2.00. The molecule has 0 fully saturated rings. The maximum Gasteiger partial charge on any atom is 0.180 e. The van der Waals surface area contributed by atoms with Gasteiger partial charge in [-0.3, -0.25) is 4.40 Å². The second-order valence-electron chi connectivity index (χ2n) is 4.01. The van der Waals surface area contributed by atoms with Crippen molar-refractivity contribution in [1.82, 2.24) is 14.4 Å². The van der Waals surface area contributed by atoms with Crippen molar-refractivity contribution in [2.75, 3.05) is 25.6 Å². The van der Waals surface area contributed by atoms with Gasteiger partial charge in [-0.15, -0.1) is 11.3 Å². The van der Waals surface area contributed by atoms with E-state index < -0.39 is 0 Å². The van der Waals surface area contributed by atoms with E-state index in [1.165, 1.54) is 4.88 Å². The van der Waals surface area contributed by atoms with E-state index in [1.807, 2.05) is 22.9 Å². The molecule has 98 valence electrons. The lowest BCUT2D eigenvalue weighted by Crippen LogP contribution is -2.10. The van der Waals surface area contributed by atoms with Crippen LogP contribution in [-0.2, 0) is 4.74 Å². The average Bonchev–Trinajstić information content (AvgIpc) is 3.10. The Hall–Kier alpha value is -1.92. The van der Waals surface area contributed by atoms with Gasteiger partial charge in [0.05, 0.1) is 23.4 Å². The van der Waals surface area contributed by atoms with E-state index in [0.29, 0.717) is 13.2 Å². The summed E-state index contributed by atoms with van der Waals surface area (Å²) < 4.78 is 7.07. The molecule has 0 amide bonds. The standard InChI is InChI=1S/C13H14N4OS/c1-18-7-5-14-12-13-15-4-6-17(13)10(9-16-12)11-3-2-8-19-11/h2-4,6,8-9H,5,7H2,1H3,(H,14,16). The maximum absolute atomic E-state index is 5.02. The zero-order valence-electron chi connectivity index (χ0n) is 10.5. The molecule has 0 unspecified atom stereocenters. The zero-order valence-corrected chi connectivity index (χ0v) is 11.4. The molecule has 3 rings (SSSR count). The van der Waals surface area contributed by atoms with Crippen molar-refractivity contribution >= 4 is 22.8 Å². The number of nitrogens with one attached hydrogen (secondary N) is 1. The van der Waals surface area contributed by atoms with E-state index in [-0.39, 0.29) is 0 Å². The van der Waals surface area contributed by atoms with Crippen LogP contribution in [0.3, 0.4) is 0 Å². The lowest BCUT2D eigenvalue weighted by Gasteiger charge is -2.09. The lowest BCUT2D eigenvalue weighted by atomic mass is 10.3. The van der Waals surface area contributed by atoms with Crippen LogP contribution in [0.25, 0.3) is 16.2 Å². The first-order valence-electron chi connectivity index (χ1n) is 5.99. The molecular formula is C13H14N4OS. The number of anilines is 1. The number of imidazole rings is 1. The molecular weight excluding hydrogens is 260 g/mol. The van der Waals surface area contributed by atoms with E-state index in [0.717, 1.165) is 17.2 Å². The highest BCUT2D eigenvalue weighted by Gasteiger charge is 2.10. The largest absolute Gasteiger partial charge is 0.383 e. The summed E-state index contributed by atoms with van der Waals surface area (Å²) in [6.07, 6.45) is 5.61. The fraction of sp³-hybridized carbons (Fsp3) is 0.231. The molecule has 3 aromatic rings. The first kappa shape index (κ1) is 12.1. The van der Waals surface area contributed by atoms with Crippen molar-refractivity contribution in [2.45, 2.75) is 0 Å². The molecule has 0 saturated heterocycles. The molecule has 6 heteroatoms. The monoisotopic (exact) mass is 274 g/mol. The van der Waals surface area contributed by atoms with Gasteiger partial charge in [-0.2, -0.15) is 0 Å². The summed E-state index contributed by atoms with van der Waals surface area (Å²) in [7, 11) is 1.68. The molecule has 0 radical (unpaired) electrons. The van der Waals surface area contributed by atoms with Crippen molar-refractivity contribution in [3.63, 3.8) is 0 Å². The topological polar surface area (TPSA) is 51.5 Å². The SMILES string of the molecule is COCCNc1ncc(-c2cccs2)n2ccnc12. The minimum absolute atomic E-state index is 0.640. The lowest BCUT2D eigenvalue weighted by molar-refractivity contribution is 0.210. The molecule has 19 heavy (non-hydrogen) atoms. The third-order valence-corrected chi connectivity index (χ3v) is 3.69. The van der Waals surface area contributed by atoms with Gasteiger partial charge in [-0.1, -0.05) is 6.07 Å². The number of fused-ring (bicyclic) bond motifs is 1. The number of ether oxygens (including phenoxy) is 1. The molecule has 0 atom stereocenters. The van der Waals surface area contributed by atoms with E-state index in [4.69, 9.17) is 4.74 Å². The molecule has 5 nitrogen and oxygen atoms in total. The predicted octanol–water partition coefficient (Wildman–Crippen LogP) is 2.52. The number of hydrogen-bond acceptors (Lipinski definition) is 5. The quantitative estimate of drug-likeness (QED) is 0.726. The Morgan fingerprint density at radius 2 is 2.37 bits per heavy atom. The molecule has 0 aliphatic heterocycles. The molecule has 3 heterocycles. The van der Waals surface area contributed by atoms with Gasteiger partial charge in [-0.05, 0) is 11.4 Å². The third kappa shape index (κ3) is 2.32. The van der Waals surface area contributed by atoms with Crippen molar-refractivity contribution < 1.29 is 4.74 Å². The van der Waals surface area contributed by atoms with Crippen LogP contribution in [-0.4, -0.2) is 34.6 Å². The number of hydrogen-bond donors (Lipinski definition) is 1. The summed E-state index contributed by atoms with van der Waals surface area (Å²) in [5.74, 6) is 0.780. The first-order chi connectivity index (χ1) is 9.40. The normalized spacial score (nSPS) is 11.0. The van der Waals surface area contributed by atoms with Gasteiger partial charge in [0, 0.05) is 26.0 Å². The smallest absolute Gasteiger partial charge is 0.180 e. The zero-order chi connectivity index (χ0) is 13.1. The summed E-state index contributed by atoms with van der Waals surface area (Å²) in [6, 6.07) is 4.12. The van der Waals surface area contributed by atoms with Gasteiger partial charge in [0.25, 0.3) is 0 Å². The van der Waals surface area contributed by atoms with Crippen LogP contribution >= 0.6 is 11.3 Å². The molecule has 0 bridgehead atoms. The van der Waals surface area contributed by atoms with Crippen LogP contribution < -0.4 is 5.32 Å². The Morgan fingerprint density at radius 1 is 1.42 bits per heavy atom. The van der Waals surface area contributed by atoms with Gasteiger partial charge < -0.3 is 10.1 Å². The second-order valence-corrected chi connectivity index (χ2v) is 4.96. The molecule has 0 saturated carbocycles. The molecule has 3 aromatic heterocycles. The minimum atomic E-state index is 0.640. The fourth-order valence-electron chi connectivity index (χ4n) is 1.92. The van der Waals surface area contributed by atoms with Gasteiger partial charge in [0.2, 0.25) is 0 Å². The van der Waals surface area contributed by atoms with E-state index in [1.54, 1.807) is 24.6 Å². The van der Waals surface area contributed by atoms with Crippen LogP contribution in [0.4, 0.5) is 5.82 Å². The summed E-state index contributed by atoms with van der Waals surface area (Å²) in [5, 5.41) is 5.29. The van der Waals surface area contributed by atoms with E-state index >= 15 is 0 Å². The Morgan fingerprint density at radius 3 is 3.16 bits per heavy atom. The number of rotatable bonds is 5. The third-order valence-electron chi connectivity index (χ3n) is 2.80. The Labute approximate surface area is 114 Å². The van der Waals surface area contributed by atoms with Crippen LogP contribution in [0.2, 0.25) is 0 Å². The minimum Gasteiger partial charge on any atom is -0.383 e. The van der Waals surface area contributed by atoms with E-state index in [9.17, 15) is 0 Å². The van der Waals surface area contributed by atoms with Gasteiger partial charge in [-0.25, -0.2) is 9.97 Å². The van der Waals surface area contributed by atoms with Crippen LogP contribution in [0.1, 0.15) is 0 Å². The van der Waals surface area contributed by atoms with Crippen molar-refractivity contribution in [2.24, 2.45) is 0 Å². The second kappa shape index (κ2) is 5.38. The summed E-state index contributed by atoms with van der Waals surface area (Å²) in [5.41, 5.74) is 1.89. The van der Waals surface area contributed by atoms with E-state index in [2.05, 4.69) is 26.7 Å². The molecule has 0 aliphatic carbocycles.